The first kappa shape index (κ1) is 8.81. The minimum atomic E-state index is 0. The Labute approximate surface area is 63.8 Å². The Bertz CT molecular complexity index is 176. The third kappa shape index (κ3) is 1.89. The van der Waals surface area contributed by atoms with Crippen LogP contribution in [0.2, 0.25) is 0 Å². The van der Waals surface area contributed by atoms with Gasteiger partial charge in [0, 0.05) is 6.54 Å². The second-order valence-corrected chi connectivity index (χ2v) is 2.32. The highest BCUT2D eigenvalue weighted by atomic mass is 35.5. The summed E-state index contributed by atoms with van der Waals surface area (Å²) in [6.45, 7) is 2.47. The van der Waals surface area contributed by atoms with Crippen LogP contribution in [0.15, 0.2) is 0 Å². The molecule has 0 unspecified atom stereocenters. The maximum atomic E-state index is 5.33. The van der Waals surface area contributed by atoms with Crippen LogP contribution in [0.5, 0.6) is 0 Å². The van der Waals surface area contributed by atoms with Crippen LogP contribution in [0.1, 0.15) is 10.6 Å². The maximum Gasteiger partial charge on any atom is 0.0769 e. The van der Waals surface area contributed by atoms with E-state index in [1.165, 1.54) is 11.5 Å². The number of aromatic nitrogens is 2. The van der Waals surface area contributed by atoms with E-state index in [1.807, 2.05) is 6.92 Å². The summed E-state index contributed by atoms with van der Waals surface area (Å²) in [6, 6.07) is 0. The van der Waals surface area contributed by atoms with Crippen molar-refractivity contribution in [3.05, 3.63) is 10.6 Å². The molecule has 0 aliphatic heterocycles. The lowest BCUT2D eigenvalue weighted by atomic mass is 10.4. The number of aryl methyl sites for hydroxylation is 1. The van der Waals surface area contributed by atoms with Gasteiger partial charge in [-0.05, 0) is 18.5 Å². The molecule has 9 heavy (non-hydrogen) atoms. The van der Waals surface area contributed by atoms with Crippen LogP contribution in [-0.4, -0.2) is 9.59 Å². The van der Waals surface area contributed by atoms with Crippen molar-refractivity contribution in [3.63, 3.8) is 0 Å². The monoisotopic (exact) mass is 165 g/mol. The molecule has 1 heterocycles. The van der Waals surface area contributed by atoms with Gasteiger partial charge in [-0.3, -0.25) is 0 Å². The van der Waals surface area contributed by atoms with Crippen molar-refractivity contribution in [2.45, 2.75) is 13.5 Å². The summed E-state index contributed by atoms with van der Waals surface area (Å²) in [6.07, 6.45) is 0. The highest BCUT2D eigenvalue weighted by Gasteiger charge is 1.96. The summed E-state index contributed by atoms with van der Waals surface area (Å²) in [4.78, 5) is 1.07. The number of rotatable bonds is 1. The van der Waals surface area contributed by atoms with E-state index in [4.69, 9.17) is 5.73 Å². The zero-order valence-electron chi connectivity index (χ0n) is 5.00. The summed E-state index contributed by atoms with van der Waals surface area (Å²) < 4.78 is 3.70. The van der Waals surface area contributed by atoms with Gasteiger partial charge in [-0.15, -0.1) is 17.5 Å². The van der Waals surface area contributed by atoms with Crippen LogP contribution in [-0.2, 0) is 6.54 Å². The molecule has 0 radical (unpaired) electrons. The van der Waals surface area contributed by atoms with Gasteiger partial charge in [0.1, 0.15) is 0 Å². The average molecular weight is 166 g/mol. The molecule has 3 nitrogen and oxygen atoms in total. The molecule has 0 saturated carbocycles. The van der Waals surface area contributed by atoms with E-state index >= 15 is 0 Å². The van der Waals surface area contributed by atoms with Gasteiger partial charge < -0.3 is 5.73 Å². The Morgan fingerprint density at radius 1 is 1.67 bits per heavy atom. The van der Waals surface area contributed by atoms with Crippen molar-refractivity contribution < 1.29 is 0 Å². The predicted molar refractivity (Wildman–Crippen MR) is 39.8 cm³/mol. The largest absolute Gasteiger partial charge is 0.326 e. The number of nitrogens with two attached hydrogens (primary N) is 1. The summed E-state index contributed by atoms with van der Waals surface area (Å²) in [5, 5.41) is 3.78. The van der Waals surface area contributed by atoms with Gasteiger partial charge >= 0.3 is 0 Å². The van der Waals surface area contributed by atoms with E-state index in [1.54, 1.807) is 0 Å². The highest BCUT2D eigenvalue weighted by molar-refractivity contribution is 7.05. The smallest absolute Gasteiger partial charge is 0.0769 e. The Kier molecular flexibility index (Phi) is 3.68. The van der Waals surface area contributed by atoms with Crippen LogP contribution >= 0.6 is 23.9 Å². The molecule has 0 spiro atoms. The number of halogens is 1. The first-order valence-electron chi connectivity index (χ1n) is 2.32. The molecule has 52 valence electrons. The van der Waals surface area contributed by atoms with Gasteiger partial charge in [0.15, 0.2) is 0 Å². The topological polar surface area (TPSA) is 51.8 Å². The Morgan fingerprint density at radius 2 is 2.33 bits per heavy atom. The van der Waals surface area contributed by atoms with Gasteiger partial charge in [-0.2, -0.15) is 0 Å². The highest BCUT2D eigenvalue weighted by Crippen LogP contribution is 2.05. The minimum Gasteiger partial charge on any atom is -0.326 e. The van der Waals surface area contributed by atoms with Crippen molar-refractivity contribution in [3.8, 4) is 0 Å². The molecular weight excluding hydrogens is 158 g/mol. The van der Waals surface area contributed by atoms with Crippen LogP contribution in [0, 0.1) is 6.92 Å². The molecule has 1 rings (SSSR count). The quantitative estimate of drug-likeness (QED) is 0.668. The minimum absolute atomic E-state index is 0. The lowest BCUT2D eigenvalue weighted by Gasteiger charge is -1.83. The summed E-state index contributed by atoms with van der Waals surface area (Å²) in [5.41, 5.74) is 6.28. The SMILES string of the molecule is Cc1nnsc1CN.Cl. The molecule has 0 aliphatic rings. The maximum absolute atomic E-state index is 5.33. The summed E-state index contributed by atoms with van der Waals surface area (Å²) >= 11 is 1.36. The third-order valence-electron chi connectivity index (χ3n) is 0.931. The first-order chi connectivity index (χ1) is 3.84. The molecule has 0 atom stereocenters. The molecule has 0 aromatic carbocycles. The summed E-state index contributed by atoms with van der Waals surface area (Å²) in [7, 11) is 0. The number of hydrogen-bond donors (Lipinski definition) is 1. The van der Waals surface area contributed by atoms with E-state index in [9.17, 15) is 0 Å². The molecule has 0 bridgehead atoms. The van der Waals surface area contributed by atoms with Crippen LogP contribution in [0.4, 0.5) is 0 Å². The third-order valence-corrected chi connectivity index (χ3v) is 1.78. The van der Waals surface area contributed by atoms with Gasteiger partial charge in [-0.1, -0.05) is 4.49 Å². The second kappa shape index (κ2) is 3.76. The van der Waals surface area contributed by atoms with Crippen LogP contribution in [0.25, 0.3) is 0 Å². The molecular formula is C4H8ClN3S. The molecule has 1 aromatic heterocycles. The zero-order chi connectivity index (χ0) is 5.98. The number of nitrogens with zero attached hydrogens (tertiary/aromatic N) is 2. The Hall–Kier alpha value is -0.190. The van der Waals surface area contributed by atoms with Gasteiger partial charge in [0.2, 0.25) is 0 Å². The fraction of sp³-hybridized carbons (Fsp3) is 0.500. The van der Waals surface area contributed by atoms with Crippen molar-refractivity contribution in [2.75, 3.05) is 0 Å². The first-order valence-corrected chi connectivity index (χ1v) is 3.10. The molecule has 1 aromatic rings. The molecule has 2 N–H and O–H groups in total. The van der Waals surface area contributed by atoms with Gasteiger partial charge in [0.05, 0.1) is 10.6 Å². The standard InChI is InChI=1S/C4H7N3S.ClH/c1-3-4(2-5)8-7-6-3;/h2,5H2,1H3;1H. The number of hydrogen-bond acceptors (Lipinski definition) is 4. The zero-order valence-corrected chi connectivity index (χ0v) is 6.63. The Balaban J connectivity index is 0.000000640. The van der Waals surface area contributed by atoms with E-state index in [-0.39, 0.29) is 12.4 Å². The average Bonchev–Trinajstić information content (AvgIpc) is 2.14. The van der Waals surface area contributed by atoms with E-state index in [2.05, 4.69) is 9.59 Å². The van der Waals surface area contributed by atoms with E-state index in [0.717, 1.165) is 10.6 Å². The lowest BCUT2D eigenvalue weighted by molar-refractivity contribution is 1.03. The van der Waals surface area contributed by atoms with E-state index < -0.39 is 0 Å². The summed E-state index contributed by atoms with van der Waals surface area (Å²) in [5.74, 6) is 0. The van der Waals surface area contributed by atoms with Crippen molar-refractivity contribution in [1.82, 2.24) is 9.59 Å². The second-order valence-electron chi connectivity index (χ2n) is 1.49. The molecule has 0 aliphatic carbocycles. The van der Waals surface area contributed by atoms with Gasteiger partial charge in [-0.25, -0.2) is 0 Å². The molecule has 0 amide bonds. The van der Waals surface area contributed by atoms with Crippen LogP contribution in [0.3, 0.4) is 0 Å². The van der Waals surface area contributed by atoms with E-state index in [0.29, 0.717) is 6.54 Å². The van der Waals surface area contributed by atoms with Crippen LogP contribution < -0.4 is 5.73 Å². The van der Waals surface area contributed by atoms with Crippen molar-refractivity contribution >= 4 is 23.9 Å². The molecule has 5 heteroatoms. The van der Waals surface area contributed by atoms with Crippen molar-refractivity contribution in [1.29, 1.82) is 0 Å². The molecule has 0 fully saturated rings. The fourth-order valence-electron chi connectivity index (χ4n) is 0.438. The lowest BCUT2D eigenvalue weighted by Crippen LogP contribution is -1.94. The predicted octanol–water partition coefficient (Wildman–Crippen LogP) is 0.727. The molecule has 0 saturated heterocycles. The van der Waals surface area contributed by atoms with Gasteiger partial charge in [0.25, 0.3) is 0 Å². The normalized spacial score (nSPS) is 8.67. The van der Waals surface area contributed by atoms with Crippen molar-refractivity contribution in [2.24, 2.45) is 5.73 Å². The Morgan fingerprint density at radius 3 is 2.56 bits per heavy atom. The fourth-order valence-corrected chi connectivity index (χ4v) is 0.947.